The maximum absolute atomic E-state index is 12.1. The number of carbonyl (C=O) groups is 2. The van der Waals surface area contributed by atoms with Gasteiger partial charge in [0.25, 0.3) is 0 Å². The molecule has 23 heavy (non-hydrogen) atoms. The molecule has 1 fully saturated rings. The van der Waals surface area contributed by atoms with E-state index in [1.807, 2.05) is 30.3 Å². The maximum atomic E-state index is 12.1. The van der Waals surface area contributed by atoms with Gasteiger partial charge < -0.3 is 9.84 Å². The molecule has 1 aliphatic heterocycles. The molecule has 0 aliphatic carbocycles. The zero-order valence-electron chi connectivity index (χ0n) is 12.7. The molecule has 118 valence electrons. The topological polar surface area (TPSA) is 66.8 Å². The van der Waals surface area contributed by atoms with Crippen LogP contribution in [-0.2, 0) is 11.2 Å². The van der Waals surface area contributed by atoms with Crippen LogP contribution >= 0.6 is 0 Å². The van der Waals surface area contributed by atoms with E-state index >= 15 is 0 Å². The standard InChI is InChI=1S/C18H17NO4/c1-12-9-14(7-8-16(12)17(20)21)19-15(11-23-18(19)22)10-13-5-3-2-4-6-13/h2-9,15H,10-11H2,1H3,(H,20,21). The number of carbonyl (C=O) groups excluding carboxylic acids is 1. The lowest BCUT2D eigenvalue weighted by molar-refractivity contribution is 0.0696. The van der Waals surface area contributed by atoms with Gasteiger partial charge in [-0.15, -0.1) is 0 Å². The Morgan fingerprint density at radius 3 is 2.65 bits per heavy atom. The number of aromatic carboxylic acids is 1. The summed E-state index contributed by atoms with van der Waals surface area (Å²) in [4.78, 5) is 24.8. The number of nitrogens with zero attached hydrogens (tertiary/aromatic N) is 1. The smallest absolute Gasteiger partial charge is 0.414 e. The van der Waals surface area contributed by atoms with Crippen LogP contribution in [0.1, 0.15) is 21.5 Å². The monoisotopic (exact) mass is 311 g/mol. The summed E-state index contributed by atoms with van der Waals surface area (Å²) >= 11 is 0. The van der Waals surface area contributed by atoms with E-state index < -0.39 is 12.1 Å². The lowest BCUT2D eigenvalue weighted by atomic mass is 10.0. The van der Waals surface area contributed by atoms with Gasteiger partial charge in [-0.1, -0.05) is 30.3 Å². The van der Waals surface area contributed by atoms with Gasteiger partial charge in [-0.05, 0) is 42.7 Å². The average molecular weight is 311 g/mol. The molecule has 0 aromatic heterocycles. The van der Waals surface area contributed by atoms with E-state index in [2.05, 4.69) is 0 Å². The molecule has 1 unspecified atom stereocenters. The molecule has 0 spiro atoms. The molecule has 2 aromatic rings. The van der Waals surface area contributed by atoms with E-state index in [1.165, 1.54) is 6.07 Å². The lowest BCUT2D eigenvalue weighted by Crippen LogP contribution is -2.35. The van der Waals surface area contributed by atoms with Crippen LogP contribution in [0.5, 0.6) is 0 Å². The van der Waals surface area contributed by atoms with Crippen LogP contribution in [0.2, 0.25) is 0 Å². The van der Waals surface area contributed by atoms with Gasteiger partial charge in [-0.25, -0.2) is 9.59 Å². The molecule has 0 bridgehead atoms. The summed E-state index contributed by atoms with van der Waals surface area (Å²) in [5.74, 6) is -0.973. The number of carboxylic acids is 1. The lowest BCUT2D eigenvalue weighted by Gasteiger charge is -2.22. The van der Waals surface area contributed by atoms with Crippen LogP contribution in [0, 0.1) is 6.92 Å². The number of aryl methyl sites for hydroxylation is 1. The summed E-state index contributed by atoms with van der Waals surface area (Å²) in [6, 6.07) is 14.7. The molecule has 5 nitrogen and oxygen atoms in total. The fourth-order valence-corrected chi connectivity index (χ4v) is 2.85. The Balaban J connectivity index is 1.88. The van der Waals surface area contributed by atoms with Crippen molar-refractivity contribution >= 4 is 17.7 Å². The van der Waals surface area contributed by atoms with Gasteiger partial charge in [0.05, 0.1) is 11.6 Å². The van der Waals surface area contributed by atoms with Crippen molar-refractivity contribution in [2.75, 3.05) is 11.5 Å². The molecule has 0 radical (unpaired) electrons. The zero-order valence-corrected chi connectivity index (χ0v) is 12.7. The number of amides is 1. The predicted molar refractivity (Wildman–Crippen MR) is 85.9 cm³/mol. The minimum atomic E-state index is -0.973. The molecule has 1 aliphatic rings. The highest BCUT2D eigenvalue weighted by Crippen LogP contribution is 2.27. The molecule has 1 saturated heterocycles. The van der Waals surface area contributed by atoms with E-state index in [0.717, 1.165) is 5.56 Å². The number of hydrogen-bond acceptors (Lipinski definition) is 3. The summed E-state index contributed by atoms with van der Waals surface area (Å²) in [5.41, 5.74) is 2.64. The molecule has 1 N–H and O–H groups in total. The Bertz CT molecular complexity index is 742. The van der Waals surface area contributed by atoms with Gasteiger partial charge in [0.15, 0.2) is 0 Å². The van der Waals surface area contributed by atoms with E-state index in [9.17, 15) is 9.59 Å². The van der Waals surface area contributed by atoms with Crippen molar-refractivity contribution < 1.29 is 19.4 Å². The van der Waals surface area contributed by atoms with Crippen molar-refractivity contribution in [1.82, 2.24) is 0 Å². The van der Waals surface area contributed by atoms with E-state index in [-0.39, 0.29) is 11.6 Å². The first-order chi connectivity index (χ1) is 11.1. The highest BCUT2D eigenvalue weighted by atomic mass is 16.6. The number of benzene rings is 2. The molecule has 3 rings (SSSR count). The van der Waals surface area contributed by atoms with Crippen molar-refractivity contribution in [3.8, 4) is 0 Å². The number of rotatable bonds is 4. The average Bonchev–Trinajstić information content (AvgIpc) is 2.88. The first-order valence-corrected chi connectivity index (χ1v) is 7.40. The van der Waals surface area contributed by atoms with Gasteiger partial charge in [0.1, 0.15) is 6.61 Å². The first-order valence-electron chi connectivity index (χ1n) is 7.40. The minimum absolute atomic E-state index is 0.0972. The van der Waals surface area contributed by atoms with Crippen LogP contribution in [0.4, 0.5) is 10.5 Å². The summed E-state index contributed by atoms with van der Waals surface area (Å²) in [5, 5.41) is 9.12. The van der Waals surface area contributed by atoms with Crippen LogP contribution < -0.4 is 4.90 Å². The summed E-state index contributed by atoms with van der Waals surface area (Å²) in [7, 11) is 0. The zero-order chi connectivity index (χ0) is 16.4. The Labute approximate surface area is 134 Å². The van der Waals surface area contributed by atoms with E-state index in [4.69, 9.17) is 9.84 Å². The third-order valence-electron chi connectivity index (χ3n) is 3.99. The Morgan fingerprint density at radius 1 is 1.26 bits per heavy atom. The Morgan fingerprint density at radius 2 is 2.00 bits per heavy atom. The molecule has 2 aromatic carbocycles. The number of hydrogen-bond donors (Lipinski definition) is 1. The largest absolute Gasteiger partial charge is 0.478 e. The number of cyclic esters (lactones) is 1. The summed E-state index contributed by atoms with van der Waals surface area (Å²) < 4.78 is 5.19. The van der Waals surface area contributed by atoms with Gasteiger partial charge in [-0.2, -0.15) is 0 Å². The quantitative estimate of drug-likeness (QED) is 0.941. The van der Waals surface area contributed by atoms with Crippen molar-refractivity contribution in [3.63, 3.8) is 0 Å². The highest BCUT2D eigenvalue weighted by Gasteiger charge is 2.34. The van der Waals surface area contributed by atoms with Crippen LogP contribution in [-0.4, -0.2) is 29.8 Å². The second-order valence-corrected chi connectivity index (χ2v) is 5.59. The molecule has 0 saturated carbocycles. The molecular formula is C18H17NO4. The van der Waals surface area contributed by atoms with Crippen LogP contribution in [0.3, 0.4) is 0 Å². The minimum Gasteiger partial charge on any atom is -0.478 e. The molecule has 1 atom stereocenters. The molecule has 1 amide bonds. The van der Waals surface area contributed by atoms with E-state index in [1.54, 1.807) is 24.0 Å². The predicted octanol–water partition coefficient (Wildman–Crippen LogP) is 3.26. The normalized spacial score (nSPS) is 17.2. The summed E-state index contributed by atoms with van der Waals surface area (Å²) in [6.07, 6.45) is 0.292. The van der Waals surface area contributed by atoms with Gasteiger partial charge in [0, 0.05) is 5.69 Å². The van der Waals surface area contributed by atoms with Crippen molar-refractivity contribution in [1.29, 1.82) is 0 Å². The van der Waals surface area contributed by atoms with Crippen LogP contribution in [0.15, 0.2) is 48.5 Å². The van der Waals surface area contributed by atoms with Gasteiger partial charge in [-0.3, -0.25) is 4.90 Å². The van der Waals surface area contributed by atoms with Crippen molar-refractivity contribution in [2.24, 2.45) is 0 Å². The SMILES string of the molecule is Cc1cc(N2C(=O)OCC2Cc2ccccc2)ccc1C(=O)O. The highest BCUT2D eigenvalue weighted by molar-refractivity contribution is 5.93. The van der Waals surface area contributed by atoms with E-state index in [0.29, 0.717) is 24.3 Å². The van der Waals surface area contributed by atoms with Crippen molar-refractivity contribution in [2.45, 2.75) is 19.4 Å². The van der Waals surface area contributed by atoms with Crippen LogP contribution in [0.25, 0.3) is 0 Å². The number of carboxylic acid groups (broad SMARTS) is 1. The number of anilines is 1. The third kappa shape index (κ3) is 3.04. The molecule has 5 heteroatoms. The fourth-order valence-electron chi connectivity index (χ4n) is 2.85. The third-order valence-corrected chi connectivity index (χ3v) is 3.99. The van der Waals surface area contributed by atoms with Gasteiger partial charge in [0.2, 0.25) is 0 Å². The summed E-state index contributed by atoms with van der Waals surface area (Å²) in [6.45, 7) is 2.05. The fraction of sp³-hybridized carbons (Fsp3) is 0.222. The van der Waals surface area contributed by atoms with Crippen molar-refractivity contribution in [3.05, 3.63) is 65.2 Å². The Hall–Kier alpha value is -2.82. The molecule has 1 heterocycles. The maximum Gasteiger partial charge on any atom is 0.414 e. The van der Waals surface area contributed by atoms with Gasteiger partial charge >= 0.3 is 12.1 Å². The molecular weight excluding hydrogens is 294 g/mol. The second kappa shape index (κ2) is 6.12. The second-order valence-electron chi connectivity index (χ2n) is 5.59. The number of ether oxygens (including phenoxy) is 1. The Kier molecular flexibility index (Phi) is 4.02. The first kappa shape index (κ1) is 15.1.